The highest BCUT2D eigenvalue weighted by molar-refractivity contribution is 6.02. The number of esters is 1. The van der Waals surface area contributed by atoms with Gasteiger partial charge >= 0.3 is 18.0 Å². The molecule has 2 amide bonds. The summed E-state index contributed by atoms with van der Waals surface area (Å²) in [4.78, 5) is 52.4. The van der Waals surface area contributed by atoms with Crippen LogP contribution in [0.5, 0.6) is 0 Å². The molecule has 0 aromatic heterocycles. The second kappa shape index (κ2) is 13.2. The van der Waals surface area contributed by atoms with Gasteiger partial charge in [0.2, 0.25) is 0 Å². The first-order valence-corrected chi connectivity index (χ1v) is 20.5. The molecule has 286 valence electrons. The number of urea groups is 1. The minimum absolute atomic E-state index is 0.0103. The molecule has 0 unspecified atom stereocenters. The van der Waals surface area contributed by atoms with E-state index in [4.69, 9.17) is 4.74 Å². The summed E-state index contributed by atoms with van der Waals surface area (Å²) in [5, 5.41) is 16.3. The number of carboxylic acids is 1. The van der Waals surface area contributed by atoms with Gasteiger partial charge in [0, 0.05) is 18.4 Å². The first-order valence-electron chi connectivity index (χ1n) is 20.5. The average Bonchev–Trinajstić information content (AvgIpc) is 3.33. The highest BCUT2D eigenvalue weighted by atomic mass is 16.5. The summed E-state index contributed by atoms with van der Waals surface area (Å²) < 4.78 is 6.16. The van der Waals surface area contributed by atoms with Gasteiger partial charge in [0.1, 0.15) is 6.10 Å². The SMILES string of the molecule is CC(C)C1=C2[C@H]3CC[C@@H]4[C@@]5(C)CC[C@H](OC(=O)CC(C)(C)C(=O)O)C(C)(C)[C@@H]5CC[C@@]4(C)[C@]3(C)CC[C@@]2(NC(=O)NCC2CCCCC2)CC1=O. The van der Waals surface area contributed by atoms with Crippen molar-refractivity contribution in [1.29, 1.82) is 0 Å². The summed E-state index contributed by atoms with van der Waals surface area (Å²) in [7, 11) is 0. The van der Waals surface area contributed by atoms with Gasteiger partial charge in [-0.2, -0.15) is 0 Å². The third-order valence-electron chi connectivity index (χ3n) is 16.4. The van der Waals surface area contributed by atoms with Crippen LogP contribution in [0.3, 0.4) is 0 Å². The Kier molecular flexibility index (Phi) is 9.91. The van der Waals surface area contributed by atoms with E-state index in [9.17, 15) is 24.3 Å². The van der Waals surface area contributed by atoms with Crippen LogP contribution in [0.4, 0.5) is 4.79 Å². The minimum atomic E-state index is -1.16. The van der Waals surface area contributed by atoms with Crippen LogP contribution in [0.25, 0.3) is 0 Å². The molecule has 6 aliphatic carbocycles. The van der Waals surface area contributed by atoms with Gasteiger partial charge in [-0.3, -0.25) is 14.4 Å². The molecule has 0 aromatic rings. The molecule has 51 heavy (non-hydrogen) atoms. The highest BCUT2D eigenvalue weighted by Crippen LogP contribution is 2.76. The molecule has 8 heteroatoms. The summed E-state index contributed by atoms with van der Waals surface area (Å²) in [6.45, 7) is 20.3. The number of allylic oxidation sites excluding steroid dienone is 1. The Morgan fingerprint density at radius 3 is 2.20 bits per heavy atom. The van der Waals surface area contributed by atoms with Crippen LogP contribution in [0, 0.1) is 56.7 Å². The van der Waals surface area contributed by atoms with Crippen molar-refractivity contribution < 1.29 is 29.0 Å². The predicted octanol–water partition coefficient (Wildman–Crippen LogP) is 9.01. The van der Waals surface area contributed by atoms with Gasteiger partial charge in [-0.1, -0.05) is 67.7 Å². The smallest absolute Gasteiger partial charge is 0.315 e. The molecule has 0 bridgehead atoms. The summed E-state index contributed by atoms with van der Waals surface area (Å²) in [6.07, 6.45) is 14.0. The normalized spacial score (nSPS) is 39.4. The van der Waals surface area contributed by atoms with Crippen molar-refractivity contribution in [3.63, 3.8) is 0 Å². The molecule has 5 saturated carbocycles. The van der Waals surface area contributed by atoms with Crippen molar-refractivity contribution in [2.75, 3.05) is 6.54 Å². The fourth-order valence-corrected chi connectivity index (χ4v) is 13.5. The quantitative estimate of drug-likeness (QED) is 0.217. The van der Waals surface area contributed by atoms with E-state index in [-0.39, 0.29) is 57.8 Å². The van der Waals surface area contributed by atoms with Crippen LogP contribution >= 0.6 is 0 Å². The number of hydrogen-bond acceptors (Lipinski definition) is 5. The van der Waals surface area contributed by atoms with Crippen LogP contribution in [0.1, 0.15) is 159 Å². The van der Waals surface area contributed by atoms with Gasteiger partial charge in [-0.05, 0) is 135 Å². The zero-order valence-corrected chi connectivity index (χ0v) is 33.3. The number of fused-ring (bicyclic) bond motifs is 7. The lowest BCUT2D eigenvalue weighted by Gasteiger charge is -2.72. The molecule has 8 atom stereocenters. The molecule has 0 aliphatic heterocycles. The van der Waals surface area contributed by atoms with Gasteiger partial charge in [0.05, 0.1) is 17.4 Å². The summed E-state index contributed by atoms with van der Waals surface area (Å²) in [5.41, 5.74) is 0.363. The molecule has 3 N–H and O–H groups in total. The van der Waals surface area contributed by atoms with Crippen LogP contribution in [0.2, 0.25) is 0 Å². The fourth-order valence-electron chi connectivity index (χ4n) is 13.5. The Labute approximate surface area is 307 Å². The van der Waals surface area contributed by atoms with Gasteiger partial charge in [-0.25, -0.2) is 4.79 Å². The number of carbonyl (C=O) groups is 4. The van der Waals surface area contributed by atoms with E-state index in [1.165, 1.54) is 37.7 Å². The number of ketones is 1. The summed E-state index contributed by atoms with van der Waals surface area (Å²) in [5.74, 6) is 0.592. The minimum Gasteiger partial charge on any atom is -0.481 e. The molecule has 8 nitrogen and oxygen atoms in total. The fraction of sp³-hybridized carbons (Fsp3) is 0.860. The largest absolute Gasteiger partial charge is 0.481 e. The van der Waals surface area contributed by atoms with Gasteiger partial charge in [-0.15, -0.1) is 0 Å². The number of nitrogens with one attached hydrogen (secondary N) is 2. The maximum absolute atomic E-state index is 13.9. The van der Waals surface area contributed by atoms with E-state index in [2.05, 4.69) is 59.1 Å². The first kappa shape index (κ1) is 38.3. The van der Waals surface area contributed by atoms with E-state index < -0.39 is 22.9 Å². The summed E-state index contributed by atoms with van der Waals surface area (Å²) >= 11 is 0. The Hall–Kier alpha value is -2.38. The number of carbonyl (C=O) groups excluding carboxylic acids is 3. The number of ether oxygens (including phenoxy) is 1. The molecular weight excluding hydrogens is 640 g/mol. The number of amides is 2. The van der Waals surface area contributed by atoms with Gasteiger partial charge < -0.3 is 20.5 Å². The zero-order valence-electron chi connectivity index (χ0n) is 33.3. The number of rotatable bonds is 8. The maximum Gasteiger partial charge on any atom is 0.315 e. The second-order valence-corrected chi connectivity index (χ2v) is 20.3. The lowest BCUT2D eigenvalue weighted by molar-refractivity contribution is -0.232. The number of carboxylic acid groups (broad SMARTS) is 1. The van der Waals surface area contributed by atoms with E-state index in [1.807, 2.05) is 0 Å². The van der Waals surface area contributed by atoms with E-state index in [1.54, 1.807) is 13.8 Å². The Morgan fingerprint density at radius 2 is 1.55 bits per heavy atom. The Morgan fingerprint density at radius 1 is 0.863 bits per heavy atom. The number of aliphatic carboxylic acids is 1. The molecule has 0 heterocycles. The molecule has 0 spiro atoms. The van der Waals surface area contributed by atoms with Gasteiger partial charge in [0.15, 0.2) is 5.78 Å². The van der Waals surface area contributed by atoms with Crippen molar-refractivity contribution in [1.82, 2.24) is 10.6 Å². The van der Waals surface area contributed by atoms with Crippen LogP contribution < -0.4 is 10.6 Å². The zero-order chi connectivity index (χ0) is 37.4. The lowest BCUT2D eigenvalue weighted by Crippen LogP contribution is -2.67. The van der Waals surface area contributed by atoms with Gasteiger partial charge in [0.25, 0.3) is 0 Å². The molecule has 0 radical (unpaired) electrons. The molecule has 5 fully saturated rings. The summed E-state index contributed by atoms with van der Waals surface area (Å²) in [6, 6.07) is -0.112. The third-order valence-corrected chi connectivity index (χ3v) is 16.4. The highest BCUT2D eigenvalue weighted by Gasteiger charge is 2.70. The van der Waals surface area contributed by atoms with Crippen molar-refractivity contribution in [2.24, 2.45) is 56.7 Å². The monoisotopic (exact) mass is 709 g/mol. The number of Topliss-reactive ketones (excluding diaryl/α,β-unsaturated/α-hetero) is 1. The van der Waals surface area contributed by atoms with Crippen LogP contribution in [-0.2, 0) is 19.1 Å². The molecule has 6 rings (SSSR count). The topological polar surface area (TPSA) is 122 Å². The van der Waals surface area contributed by atoms with Crippen molar-refractivity contribution in [2.45, 2.75) is 170 Å². The van der Waals surface area contributed by atoms with E-state index in [0.717, 1.165) is 56.9 Å². The average molecular weight is 709 g/mol. The Balaban J connectivity index is 1.25. The van der Waals surface area contributed by atoms with Crippen molar-refractivity contribution in [3.05, 3.63) is 11.1 Å². The third kappa shape index (κ3) is 6.18. The van der Waals surface area contributed by atoms with E-state index in [0.29, 0.717) is 30.7 Å². The Bertz CT molecular complexity index is 1460. The number of hydrogen-bond donors (Lipinski definition) is 3. The maximum atomic E-state index is 13.9. The molecular formula is C43H68N2O6. The van der Waals surface area contributed by atoms with Crippen molar-refractivity contribution >= 4 is 23.8 Å². The molecule has 0 aromatic carbocycles. The van der Waals surface area contributed by atoms with E-state index >= 15 is 0 Å². The second-order valence-electron chi connectivity index (χ2n) is 20.3. The van der Waals surface area contributed by atoms with Crippen molar-refractivity contribution in [3.8, 4) is 0 Å². The predicted molar refractivity (Wildman–Crippen MR) is 199 cm³/mol. The first-order chi connectivity index (χ1) is 23.7. The molecule has 0 saturated heterocycles. The van der Waals surface area contributed by atoms with Crippen LogP contribution in [0.15, 0.2) is 11.1 Å². The molecule has 6 aliphatic rings. The standard InChI is InChI=1S/C43H68N2O6/c1-26(2)34-29(46)23-43(45-37(50)44-25-27-13-11-10-12-14-27)22-21-41(8)28(35(34)43)15-16-31-40(7)19-18-32(51-33(47)24-38(3,4)36(48)49)39(5,6)30(40)17-20-42(31,41)9/h26-28,30-32H,10-25H2,1-9H3,(H,48,49)(H2,44,45,50)/t28-,30+,31-,32+,40+,41-,42-,43-/m1/s1. The van der Waals surface area contributed by atoms with Crippen LogP contribution in [-0.4, -0.2) is 47.0 Å². The lowest BCUT2D eigenvalue weighted by atomic mass is 9.33.